The molecule has 2 aromatic rings. The lowest BCUT2D eigenvalue weighted by molar-refractivity contribution is -0.120. The van der Waals surface area contributed by atoms with Crippen molar-refractivity contribution < 1.29 is 4.79 Å². The van der Waals surface area contributed by atoms with Crippen molar-refractivity contribution in [2.75, 3.05) is 0 Å². The van der Waals surface area contributed by atoms with E-state index in [1.807, 2.05) is 36.4 Å². The van der Waals surface area contributed by atoms with Crippen molar-refractivity contribution in [3.05, 3.63) is 69.7 Å². The van der Waals surface area contributed by atoms with Crippen molar-refractivity contribution in [3.8, 4) is 0 Å². The molecule has 0 spiro atoms. The summed E-state index contributed by atoms with van der Waals surface area (Å²) in [5.74, 6) is -0.126. The van der Waals surface area contributed by atoms with E-state index in [4.69, 9.17) is 0 Å². The molecule has 4 heteroatoms. The number of nitrogens with zero attached hydrogens (tertiary/aromatic N) is 1. The molecule has 0 atom stereocenters. The van der Waals surface area contributed by atoms with Crippen molar-refractivity contribution >= 4 is 28.1 Å². The number of hydrogen-bond donors (Lipinski definition) is 1. The van der Waals surface area contributed by atoms with Gasteiger partial charge in [0.25, 0.3) is 0 Å². The van der Waals surface area contributed by atoms with E-state index in [0.29, 0.717) is 6.42 Å². The lowest BCUT2D eigenvalue weighted by Gasteiger charge is -2.01. The number of aryl methyl sites for hydroxylation is 1. The van der Waals surface area contributed by atoms with Crippen LogP contribution in [0.2, 0.25) is 0 Å². The molecule has 0 aliphatic rings. The fraction of sp³-hybridized carbons (Fsp3) is 0.176. The van der Waals surface area contributed by atoms with E-state index < -0.39 is 0 Å². The van der Waals surface area contributed by atoms with Gasteiger partial charge in [-0.1, -0.05) is 59.3 Å². The number of carbonyl (C=O) groups is 1. The molecule has 2 rings (SSSR count). The van der Waals surface area contributed by atoms with E-state index in [0.717, 1.165) is 22.0 Å². The molecule has 0 aliphatic carbocycles. The minimum atomic E-state index is -0.126. The summed E-state index contributed by atoms with van der Waals surface area (Å²) in [6.45, 7) is 2.12. The van der Waals surface area contributed by atoms with E-state index >= 15 is 0 Å². The Morgan fingerprint density at radius 1 is 1.10 bits per heavy atom. The summed E-state index contributed by atoms with van der Waals surface area (Å²) in [6.07, 6.45) is 2.99. The minimum Gasteiger partial charge on any atom is -0.273 e. The van der Waals surface area contributed by atoms with Gasteiger partial charge in [0.05, 0.1) is 12.6 Å². The van der Waals surface area contributed by atoms with Crippen LogP contribution in [0, 0.1) is 0 Å². The summed E-state index contributed by atoms with van der Waals surface area (Å²) in [5, 5.41) is 3.98. The van der Waals surface area contributed by atoms with Crippen LogP contribution in [0.4, 0.5) is 0 Å². The van der Waals surface area contributed by atoms with Crippen LogP contribution >= 0.6 is 15.9 Å². The van der Waals surface area contributed by atoms with Gasteiger partial charge in [0.1, 0.15) is 0 Å². The Morgan fingerprint density at radius 2 is 1.71 bits per heavy atom. The number of carbonyl (C=O) groups excluding carboxylic acids is 1. The highest BCUT2D eigenvalue weighted by atomic mass is 79.9. The molecule has 0 bridgehead atoms. The standard InChI is InChI=1S/C17H17BrN2O/c1-2-13-3-5-15(6-4-13)12-19-20-17(21)11-14-7-9-16(18)10-8-14/h3-10,12H,2,11H2,1H3,(H,20,21). The quantitative estimate of drug-likeness (QED) is 0.652. The van der Waals surface area contributed by atoms with E-state index in [1.165, 1.54) is 5.56 Å². The average molecular weight is 345 g/mol. The summed E-state index contributed by atoms with van der Waals surface area (Å²) in [5.41, 5.74) is 5.75. The molecule has 3 nitrogen and oxygen atoms in total. The zero-order valence-corrected chi connectivity index (χ0v) is 13.4. The lowest BCUT2D eigenvalue weighted by Crippen LogP contribution is -2.19. The fourth-order valence-corrected chi connectivity index (χ4v) is 2.11. The van der Waals surface area contributed by atoms with Crippen LogP contribution in [0.25, 0.3) is 0 Å². The van der Waals surface area contributed by atoms with Gasteiger partial charge in [0, 0.05) is 4.47 Å². The third-order valence-electron chi connectivity index (χ3n) is 3.07. The van der Waals surface area contributed by atoms with Gasteiger partial charge in [-0.25, -0.2) is 5.43 Å². The third kappa shape index (κ3) is 5.16. The Balaban J connectivity index is 1.85. The summed E-state index contributed by atoms with van der Waals surface area (Å²) < 4.78 is 1.00. The highest BCUT2D eigenvalue weighted by Crippen LogP contribution is 2.10. The van der Waals surface area contributed by atoms with Crippen molar-refractivity contribution in [3.63, 3.8) is 0 Å². The van der Waals surface area contributed by atoms with Crippen molar-refractivity contribution in [2.24, 2.45) is 5.10 Å². The predicted molar refractivity (Wildman–Crippen MR) is 89.4 cm³/mol. The molecule has 2 aromatic carbocycles. The maximum absolute atomic E-state index is 11.8. The summed E-state index contributed by atoms with van der Waals surface area (Å²) >= 11 is 3.37. The number of halogens is 1. The van der Waals surface area contributed by atoms with Crippen LogP contribution in [0.1, 0.15) is 23.6 Å². The van der Waals surface area contributed by atoms with Crippen LogP contribution in [-0.2, 0) is 17.6 Å². The number of hydrogen-bond acceptors (Lipinski definition) is 2. The molecule has 0 fully saturated rings. The Bertz CT molecular complexity index is 618. The van der Waals surface area contributed by atoms with E-state index in [1.54, 1.807) is 6.21 Å². The van der Waals surface area contributed by atoms with Crippen LogP contribution in [-0.4, -0.2) is 12.1 Å². The van der Waals surface area contributed by atoms with Crippen molar-refractivity contribution in [1.29, 1.82) is 0 Å². The molecule has 1 amide bonds. The second-order valence-electron chi connectivity index (χ2n) is 4.69. The summed E-state index contributed by atoms with van der Waals surface area (Å²) in [4.78, 5) is 11.8. The van der Waals surface area contributed by atoms with E-state index in [-0.39, 0.29) is 5.91 Å². The first kappa shape index (κ1) is 15.4. The van der Waals surface area contributed by atoms with Gasteiger partial charge < -0.3 is 0 Å². The SMILES string of the molecule is CCc1ccc(C=NNC(=O)Cc2ccc(Br)cc2)cc1. The zero-order chi connectivity index (χ0) is 15.1. The average Bonchev–Trinajstić information content (AvgIpc) is 2.50. The molecule has 0 aromatic heterocycles. The lowest BCUT2D eigenvalue weighted by atomic mass is 10.1. The zero-order valence-electron chi connectivity index (χ0n) is 11.8. The first-order valence-electron chi connectivity index (χ1n) is 6.82. The van der Waals surface area contributed by atoms with Gasteiger partial charge in [-0.2, -0.15) is 5.10 Å². The largest absolute Gasteiger partial charge is 0.273 e. The molecule has 108 valence electrons. The molecule has 0 unspecified atom stereocenters. The number of nitrogens with one attached hydrogen (secondary N) is 1. The van der Waals surface area contributed by atoms with Crippen LogP contribution in [0.15, 0.2) is 58.1 Å². The predicted octanol–water partition coefficient (Wildman–Crippen LogP) is 3.70. The topological polar surface area (TPSA) is 41.5 Å². The first-order valence-corrected chi connectivity index (χ1v) is 7.62. The van der Waals surface area contributed by atoms with E-state index in [2.05, 4.69) is 45.5 Å². The second-order valence-corrected chi connectivity index (χ2v) is 5.61. The van der Waals surface area contributed by atoms with Gasteiger partial charge >= 0.3 is 0 Å². The number of amides is 1. The Morgan fingerprint density at radius 3 is 2.33 bits per heavy atom. The summed E-state index contributed by atoms with van der Waals surface area (Å²) in [7, 11) is 0. The van der Waals surface area contributed by atoms with E-state index in [9.17, 15) is 4.79 Å². The molecule has 0 heterocycles. The highest BCUT2D eigenvalue weighted by molar-refractivity contribution is 9.10. The molecule has 0 saturated carbocycles. The normalized spacial score (nSPS) is 10.8. The Labute approximate surface area is 133 Å². The molecule has 0 aliphatic heterocycles. The molecular formula is C17H17BrN2O. The van der Waals surface area contributed by atoms with Gasteiger partial charge in [-0.05, 0) is 35.2 Å². The van der Waals surface area contributed by atoms with Crippen molar-refractivity contribution in [2.45, 2.75) is 19.8 Å². The van der Waals surface area contributed by atoms with Gasteiger partial charge in [-0.15, -0.1) is 0 Å². The van der Waals surface area contributed by atoms with Gasteiger partial charge in [0.15, 0.2) is 0 Å². The number of benzene rings is 2. The minimum absolute atomic E-state index is 0.126. The van der Waals surface area contributed by atoms with Crippen LogP contribution < -0.4 is 5.43 Å². The number of rotatable bonds is 5. The Hall–Kier alpha value is -1.94. The van der Waals surface area contributed by atoms with Gasteiger partial charge in [0.2, 0.25) is 5.91 Å². The molecule has 1 N–H and O–H groups in total. The second kappa shape index (κ2) is 7.74. The maximum atomic E-state index is 11.8. The maximum Gasteiger partial charge on any atom is 0.244 e. The fourth-order valence-electron chi connectivity index (χ4n) is 1.85. The molecule has 0 saturated heterocycles. The molecular weight excluding hydrogens is 328 g/mol. The smallest absolute Gasteiger partial charge is 0.244 e. The van der Waals surface area contributed by atoms with Crippen LogP contribution in [0.5, 0.6) is 0 Å². The number of hydrazone groups is 1. The third-order valence-corrected chi connectivity index (χ3v) is 3.60. The summed E-state index contributed by atoms with van der Waals surface area (Å²) in [6, 6.07) is 15.8. The molecule has 0 radical (unpaired) electrons. The highest BCUT2D eigenvalue weighted by Gasteiger charge is 2.01. The first-order chi connectivity index (χ1) is 10.2. The van der Waals surface area contributed by atoms with Gasteiger partial charge in [-0.3, -0.25) is 4.79 Å². The van der Waals surface area contributed by atoms with Crippen LogP contribution in [0.3, 0.4) is 0 Å². The monoisotopic (exact) mass is 344 g/mol. The molecule has 21 heavy (non-hydrogen) atoms. The van der Waals surface area contributed by atoms with Crippen molar-refractivity contribution in [1.82, 2.24) is 5.43 Å². The Kier molecular flexibility index (Phi) is 5.69.